The van der Waals surface area contributed by atoms with E-state index in [0.717, 1.165) is 11.3 Å². The van der Waals surface area contributed by atoms with Gasteiger partial charge in [0.15, 0.2) is 11.5 Å². The van der Waals surface area contributed by atoms with E-state index in [1.54, 1.807) is 5.38 Å². The number of carboxylic acid groups (broad SMARTS) is 1. The van der Waals surface area contributed by atoms with Crippen LogP contribution >= 0.6 is 11.3 Å². The smallest absolute Gasteiger partial charge is 0.338 e. The van der Waals surface area contributed by atoms with Crippen molar-refractivity contribution in [3.05, 3.63) is 34.5 Å². The van der Waals surface area contributed by atoms with E-state index in [1.807, 2.05) is 0 Å². The Kier molecular flexibility index (Phi) is 3.93. The number of anilines is 1. The molecule has 2 N–H and O–H groups in total. The minimum atomic E-state index is -1.10. The minimum Gasteiger partial charge on any atom is -0.478 e. The number of hydrogen-bond acceptors (Lipinski definition) is 6. The van der Waals surface area contributed by atoms with Gasteiger partial charge in [-0.05, 0) is 11.4 Å². The summed E-state index contributed by atoms with van der Waals surface area (Å²) in [6, 6.07) is 2.86. The van der Waals surface area contributed by atoms with Crippen LogP contribution in [0.4, 0.5) is 5.00 Å². The number of rotatable bonds is 5. The van der Waals surface area contributed by atoms with E-state index in [-0.39, 0.29) is 22.9 Å². The van der Waals surface area contributed by atoms with E-state index >= 15 is 0 Å². The van der Waals surface area contributed by atoms with Gasteiger partial charge in [-0.15, -0.1) is 11.3 Å². The summed E-state index contributed by atoms with van der Waals surface area (Å²) in [4.78, 5) is 22.7. The van der Waals surface area contributed by atoms with Gasteiger partial charge in [0.05, 0.1) is 5.56 Å². The third kappa shape index (κ3) is 2.98. The predicted molar refractivity (Wildman–Crippen MR) is 66.4 cm³/mol. The van der Waals surface area contributed by atoms with Crippen LogP contribution in [0.15, 0.2) is 22.0 Å². The lowest BCUT2D eigenvalue weighted by molar-refractivity contribution is 0.0698. The second-order valence-corrected chi connectivity index (χ2v) is 4.45. The maximum absolute atomic E-state index is 11.8. The van der Waals surface area contributed by atoms with Crippen LogP contribution in [0.2, 0.25) is 0 Å². The molecule has 8 heteroatoms. The third-order valence-electron chi connectivity index (χ3n) is 2.20. The van der Waals surface area contributed by atoms with Gasteiger partial charge in [0.2, 0.25) is 0 Å². The first-order valence-electron chi connectivity index (χ1n) is 5.18. The number of hydrogen-bond donors (Lipinski definition) is 2. The van der Waals surface area contributed by atoms with Crippen LogP contribution in [-0.2, 0) is 11.3 Å². The lowest BCUT2D eigenvalue weighted by Crippen LogP contribution is -2.13. The molecule has 2 heterocycles. The molecule has 0 bridgehead atoms. The summed E-state index contributed by atoms with van der Waals surface area (Å²) in [7, 11) is 1.49. The van der Waals surface area contributed by atoms with Crippen LogP contribution in [0, 0.1) is 0 Å². The number of ether oxygens (including phenoxy) is 1. The number of aromatic nitrogens is 1. The van der Waals surface area contributed by atoms with Crippen molar-refractivity contribution in [3.63, 3.8) is 0 Å². The van der Waals surface area contributed by atoms with Gasteiger partial charge < -0.3 is 19.7 Å². The Morgan fingerprint density at radius 3 is 3.05 bits per heavy atom. The van der Waals surface area contributed by atoms with Crippen LogP contribution in [0.1, 0.15) is 26.6 Å². The summed E-state index contributed by atoms with van der Waals surface area (Å²) in [5.74, 6) is -1.22. The molecule has 0 atom stereocenters. The molecule has 0 aliphatic carbocycles. The average Bonchev–Trinajstić information content (AvgIpc) is 2.98. The standard InChI is InChI=1S/C11H10N2O5S/c1-17-5-6-4-8(13-18-6)9(14)12-10-7(11(15)16)2-3-19-10/h2-4H,5H2,1H3,(H,12,14)(H,15,16). The molecule has 0 radical (unpaired) electrons. The Hall–Kier alpha value is -2.19. The van der Waals surface area contributed by atoms with E-state index in [1.165, 1.54) is 19.2 Å². The highest BCUT2D eigenvalue weighted by atomic mass is 32.1. The summed E-state index contributed by atoms with van der Waals surface area (Å²) < 4.78 is 9.71. The van der Waals surface area contributed by atoms with Crippen molar-refractivity contribution in [2.45, 2.75) is 6.61 Å². The highest BCUT2D eigenvalue weighted by molar-refractivity contribution is 7.14. The number of nitrogens with one attached hydrogen (secondary N) is 1. The summed E-state index contributed by atoms with van der Waals surface area (Å²) in [5, 5.41) is 16.8. The van der Waals surface area contributed by atoms with Crippen molar-refractivity contribution in [2.75, 3.05) is 12.4 Å². The number of carbonyl (C=O) groups excluding carboxylic acids is 1. The zero-order valence-corrected chi connectivity index (χ0v) is 10.7. The van der Waals surface area contributed by atoms with E-state index in [4.69, 9.17) is 14.4 Å². The molecule has 0 spiro atoms. The van der Waals surface area contributed by atoms with Gasteiger partial charge in [-0.3, -0.25) is 4.79 Å². The number of methoxy groups -OCH3 is 1. The number of amides is 1. The van der Waals surface area contributed by atoms with E-state index in [2.05, 4.69) is 10.5 Å². The van der Waals surface area contributed by atoms with Gasteiger partial charge in [-0.1, -0.05) is 5.16 Å². The van der Waals surface area contributed by atoms with Crippen molar-refractivity contribution in [2.24, 2.45) is 0 Å². The van der Waals surface area contributed by atoms with Crippen LogP contribution in [0.3, 0.4) is 0 Å². The van der Waals surface area contributed by atoms with Gasteiger partial charge in [-0.25, -0.2) is 4.79 Å². The Balaban J connectivity index is 2.11. The first-order chi connectivity index (χ1) is 9.11. The summed E-state index contributed by atoms with van der Waals surface area (Å²) in [6.45, 7) is 0.208. The van der Waals surface area contributed by atoms with Crippen molar-refractivity contribution >= 4 is 28.2 Å². The molecule has 0 unspecified atom stereocenters. The van der Waals surface area contributed by atoms with Crippen LogP contribution in [-0.4, -0.2) is 29.2 Å². The van der Waals surface area contributed by atoms with Gasteiger partial charge in [-0.2, -0.15) is 0 Å². The first kappa shape index (κ1) is 13.2. The zero-order chi connectivity index (χ0) is 13.8. The molecule has 0 saturated heterocycles. The van der Waals surface area contributed by atoms with Gasteiger partial charge >= 0.3 is 5.97 Å². The fraction of sp³-hybridized carbons (Fsp3) is 0.182. The molecule has 2 aromatic heterocycles. The predicted octanol–water partition coefficient (Wildman–Crippen LogP) is 1.83. The SMILES string of the molecule is COCc1cc(C(=O)Nc2sccc2C(=O)O)no1. The average molecular weight is 282 g/mol. The van der Waals surface area contributed by atoms with Crippen molar-refractivity contribution in [3.8, 4) is 0 Å². The normalized spacial score (nSPS) is 10.4. The van der Waals surface area contributed by atoms with E-state index in [0.29, 0.717) is 5.76 Å². The fourth-order valence-electron chi connectivity index (χ4n) is 1.37. The third-order valence-corrected chi connectivity index (χ3v) is 3.03. The molecule has 2 rings (SSSR count). The Morgan fingerprint density at radius 1 is 1.58 bits per heavy atom. The second kappa shape index (κ2) is 5.63. The maximum atomic E-state index is 11.8. The Bertz CT molecular complexity index is 604. The number of aromatic carboxylic acids is 1. The van der Waals surface area contributed by atoms with E-state index in [9.17, 15) is 9.59 Å². The Labute approximate surface area is 111 Å². The summed E-state index contributed by atoms with van der Waals surface area (Å²) in [5.41, 5.74) is 0.107. The highest BCUT2D eigenvalue weighted by Gasteiger charge is 2.17. The number of carboxylic acids is 1. The molecule has 1 amide bonds. The molecule has 100 valence electrons. The first-order valence-corrected chi connectivity index (χ1v) is 6.06. The molecule has 7 nitrogen and oxygen atoms in total. The highest BCUT2D eigenvalue weighted by Crippen LogP contribution is 2.23. The van der Waals surface area contributed by atoms with Crippen molar-refractivity contribution in [1.29, 1.82) is 0 Å². The molecule has 0 aliphatic heterocycles. The molecule has 0 aliphatic rings. The maximum Gasteiger partial charge on any atom is 0.338 e. The van der Waals surface area contributed by atoms with Crippen LogP contribution in [0.5, 0.6) is 0 Å². The van der Waals surface area contributed by atoms with Gasteiger partial charge in [0, 0.05) is 13.2 Å². The van der Waals surface area contributed by atoms with Gasteiger partial charge in [0.1, 0.15) is 11.6 Å². The van der Waals surface area contributed by atoms with E-state index < -0.39 is 11.9 Å². The molecule has 0 aromatic carbocycles. The van der Waals surface area contributed by atoms with Crippen LogP contribution < -0.4 is 5.32 Å². The molecule has 2 aromatic rings. The van der Waals surface area contributed by atoms with Crippen LogP contribution in [0.25, 0.3) is 0 Å². The topological polar surface area (TPSA) is 102 Å². The fourth-order valence-corrected chi connectivity index (χ4v) is 2.15. The number of thiophene rings is 1. The second-order valence-electron chi connectivity index (χ2n) is 3.53. The summed E-state index contributed by atoms with van der Waals surface area (Å²) in [6.07, 6.45) is 0. The monoisotopic (exact) mass is 282 g/mol. The van der Waals surface area contributed by atoms with Gasteiger partial charge in [0.25, 0.3) is 5.91 Å². The number of nitrogens with zero attached hydrogens (tertiary/aromatic N) is 1. The molecule has 19 heavy (non-hydrogen) atoms. The zero-order valence-electron chi connectivity index (χ0n) is 9.87. The molecule has 0 fully saturated rings. The molecular weight excluding hydrogens is 272 g/mol. The van der Waals surface area contributed by atoms with Crippen molar-refractivity contribution in [1.82, 2.24) is 5.16 Å². The minimum absolute atomic E-state index is 0.0407. The lowest BCUT2D eigenvalue weighted by Gasteiger charge is -2.00. The quantitative estimate of drug-likeness (QED) is 0.867. The largest absolute Gasteiger partial charge is 0.478 e. The molecular formula is C11H10N2O5S. The molecule has 0 saturated carbocycles. The lowest BCUT2D eigenvalue weighted by atomic mass is 10.3. The van der Waals surface area contributed by atoms with Crippen molar-refractivity contribution < 1.29 is 24.0 Å². The summed E-state index contributed by atoms with van der Waals surface area (Å²) >= 11 is 1.12. The Morgan fingerprint density at radius 2 is 2.37 bits per heavy atom. The number of carbonyl (C=O) groups is 2.